The van der Waals surface area contributed by atoms with Crippen molar-refractivity contribution in [2.24, 2.45) is 0 Å². The zero-order chi connectivity index (χ0) is 6.57. The van der Waals surface area contributed by atoms with Crippen molar-refractivity contribution >= 4 is 0 Å². The van der Waals surface area contributed by atoms with Crippen molar-refractivity contribution in [3.8, 4) is 0 Å². The fourth-order valence-electron chi connectivity index (χ4n) is 0.573. The molecule has 0 fully saturated rings. The topological polar surface area (TPSA) is 3.24 Å². The van der Waals surface area contributed by atoms with E-state index in [2.05, 4.69) is 25.8 Å². The normalized spacial score (nSPS) is 14.8. The summed E-state index contributed by atoms with van der Waals surface area (Å²) in [5.74, 6) is 0. The van der Waals surface area contributed by atoms with Crippen molar-refractivity contribution in [3.05, 3.63) is 0 Å². The fraction of sp³-hybridized carbons (Fsp3) is 1.00. The van der Waals surface area contributed by atoms with Crippen molar-refractivity contribution in [2.75, 3.05) is 13.6 Å². The SMILES string of the molecule is CCCN(C)[CH](C)[Hg]. The van der Waals surface area contributed by atoms with E-state index >= 15 is 0 Å². The number of nitrogens with zero attached hydrogens (tertiary/aromatic N) is 1. The molecule has 1 atom stereocenters. The molecule has 0 aromatic carbocycles. The van der Waals surface area contributed by atoms with E-state index in [1.165, 1.54) is 13.0 Å². The summed E-state index contributed by atoms with van der Waals surface area (Å²) in [6.45, 7) is 5.80. The van der Waals surface area contributed by atoms with Gasteiger partial charge in [-0.1, -0.05) is 0 Å². The zero-order valence-electron chi connectivity index (χ0n) is 6.15. The van der Waals surface area contributed by atoms with E-state index in [0.717, 1.165) is 29.7 Å². The maximum atomic E-state index is 2.43. The first-order valence-corrected chi connectivity index (χ1v) is 6.39. The predicted molar refractivity (Wildman–Crippen MR) is 32.4 cm³/mol. The van der Waals surface area contributed by atoms with Gasteiger partial charge in [0.2, 0.25) is 0 Å². The molecule has 0 amide bonds. The van der Waals surface area contributed by atoms with Crippen LogP contribution in [0.2, 0.25) is 0 Å². The van der Waals surface area contributed by atoms with Crippen LogP contribution in [0.3, 0.4) is 0 Å². The molecule has 0 aliphatic heterocycles. The van der Waals surface area contributed by atoms with Gasteiger partial charge in [0.1, 0.15) is 0 Å². The second kappa shape index (κ2) is 4.74. The van der Waals surface area contributed by atoms with Gasteiger partial charge in [0.05, 0.1) is 0 Å². The Morgan fingerprint density at radius 2 is 2.12 bits per heavy atom. The average Bonchev–Trinajstić information content (AvgIpc) is 1.67. The van der Waals surface area contributed by atoms with Gasteiger partial charge in [-0.25, -0.2) is 0 Å². The molecular formula is C6H14HgN. The summed E-state index contributed by atoms with van der Waals surface area (Å²) in [4.78, 5) is 2.43. The van der Waals surface area contributed by atoms with Gasteiger partial charge in [0.25, 0.3) is 0 Å². The number of rotatable bonds is 3. The van der Waals surface area contributed by atoms with E-state index < -0.39 is 0 Å². The van der Waals surface area contributed by atoms with Gasteiger partial charge in [-0.3, -0.25) is 0 Å². The predicted octanol–water partition coefficient (Wildman–Crippen LogP) is 1.22. The Labute approximate surface area is 68.4 Å². The van der Waals surface area contributed by atoms with Gasteiger partial charge in [0, 0.05) is 0 Å². The average molecular weight is 301 g/mol. The third-order valence-corrected chi connectivity index (χ3v) is 3.75. The van der Waals surface area contributed by atoms with Crippen molar-refractivity contribution in [1.82, 2.24) is 4.90 Å². The maximum absolute atomic E-state index is 2.43. The summed E-state index contributed by atoms with van der Waals surface area (Å²) in [5.41, 5.74) is 0. The molecule has 0 aliphatic rings. The molecule has 1 unspecified atom stereocenters. The molecule has 0 bridgehead atoms. The molecule has 0 heterocycles. The van der Waals surface area contributed by atoms with E-state index in [0.29, 0.717) is 0 Å². The molecule has 0 spiro atoms. The summed E-state index contributed by atoms with van der Waals surface area (Å²) in [5, 5.41) is 0. The minimum atomic E-state index is 0.898. The van der Waals surface area contributed by atoms with Gasteiger partial charge in [-0.2, -0.15) is 0 Å². The molecule has 0 saturated heterocycles. The van der Waals surface area contributed by atoms with E-state index in [4.69, 9.17) is 0 Å². The molecule has 1 nitrogen and oxygen atoms in total. The molecule has 0 aromatic heterocycles. The van der Waals surface area contributed by atoms with Crippen molar-refractivity contribution in [3.63, 3.8) is 0 Å². The summed E-state index contributed by atoms with van der Waals surface area (Å²) >= 11 is 0.923. The van der Waals surface area contributed by atoms with Crippen LogP contribution < -0.4 is 0 Å². The number of hydrogen-bond acceptors (Lipinski definition) is 1. The Hall–Kier alpha value is 0.895. The summed E-state index contributed by atoms with van der Waals surface area (Å²) in [6.07, 6.45) is 1.29. The molecule has 0 rings (SSSR count). The van der Waals surface area contributed by atoms with Gasteiger partial charge in [-0.15, -0.1) is 0 Å². The van der Waals surface area contributed by atoms with Gasteiger partial charge in [-0.05, 0) is 0 Å². The third kappa shape index (κ3) is 3.84. The van der Waals surface area contributed by atoms with Crippen LogP contribution in [-0.4, -0.2) is 22.0 Å². The van der Waals surface area contributed by atoms with E-state index in [1.807, 2.05) is 0 Å². The summed E-state index contributed by atoms with van der Waals surface area (Å²) in [6, 6.07) is 0. The van der Waals surface area contributed by atoms with Crippen LogP contribution >= 0.6 is 0 Å². The molecule has 8 heavy (non-hydrogen) atoms. The van der Waals surface area contributed by atoms with Crippen LogP contribution in [0.5, 0.6) is 0 Å². The third-order valence-electron chi connectivity index (χ3n) is 1.33. The molecule has 0 N–H and O–H groups in total. The second-order valence-electron chi connectivity index (χ2n) is 2.33. The van der Waals surface area contributed by atoms with Crippen molar-refractivity contribution in [2.45, 2.75) is 23.8 Å². The minimum absolute atomic E-state index is 0.898. The first-order valence-electron chi connectivity index (χ1n) is 3.21. The molecule has 0 saturated carbocycles. The van der Waals surface area contributed by atoms with Gasteiger partial charge >= 0.3 is 68.4 Å². The Balaban J connectivity index is 3.17. The first-order chi connectivity index (χ1) is 3.68. The van der Waals surface area contributed by atoms with E-state index in [9.17, 15) is 0 Å². The Morgan fingerprint density at radius 1 is 1.62 bits per heavy atom. The molecule has 2 heteroatoms. The van der Waals surface area contributed by atoms with Crippen LogP contribution in [0.1, 0.15) is 20.3 Å². The van der Waals surface area contributed by atoms with E-state index in [1.54, 1.807) is 0 Å². The zero-order valence-corrected chi connectivity index (χ0v) is 11.6. The van der Waals surface area contributed by atoms with Gasteiger partial charge in [0.15, 0.2) is 0 Å². The van der Waals surface area contributed by atoms with Crippen molar-refractivity contribution < 1.29 is 26.1 Å². The van der Waals surface area contributed by atoms with Crippen molar-refractivity contribution in [1.29, 1.82) is 0 Å². The van der Waals surface area contributed by atoms with Crippen LogP contribution in [0.15, 0.2) is 0 Å². The Kier molecular flexibility index (Phi) is 5.27. The molecular weight excluding hydrogens is 287 g/mol. The second-order valence-corrected chi connectivity index (χ2v) is 6.92. The quantitative estimate of drug-likeness (QED) is 0.709. The molecule has 0 aromatic rings. The molecule has 0 aliphatic carbocycles. The summed E-state index contributed by atoms with van der Waals surface area (Å²) in [7, 11) is 2.21. The van der Waals surface area contributed by atoms with Crippen LogP contribution in [-0.2, 0) is 26.1 Å². The number of hydrogen-bond donors (Lipinski definition) is 0. The fourth-order valence-corrected chi connectivity index (χ4v) is 1.28. The Morgan fingerprint density at radius 3 is 2.25 bits per heavy atom. The van der Waals surface area contributed by atoms with Crippen LogP contribution in [0, 0.1) is 0 Å². The molecule has 0 radical (unpaired) electrons. The monoisotopic (exact) mass is 302 g/mol. The standard InChI is InChI=1S/C6H14N.Hg/c1-4-6-7(3)5-2;/h5H,4,6H2,1-3H3;. The molecule has 45 valence electrons. The summed E-state index contributed by atoms with van der Waals surface area (Å²) < 4.78 is 0.898. The first kappa shape index (κ1) is 8.90. The van der Waals surface area contributed by atoms with Gasteiger partial charge < -0.3 is 0 Å². The Bertz CT molecular complexity index is 54.5. The van der Waals surface area contributed by atoms with E-state index in [-0.39, 0.29) is 0 Å². The van der Waals surface area contributed by atoms with Crippen LogP contribution in [0.4, 0.5) is 0 Å². The van der Waals surface area contributed by atoms with Crippen LogP contribution in [0.25, 0.3) is 0 Å².